The summed E-state index contributed by atoms with van der Waals surface area (Å²) in [5.41, 5.74) is 0.227. The van der Waals surface area contributed by atoms with Crippen molar-refractivity contribution in [1.82, 2.24) is 0 Å². The van der Waals surface area contributed by atoms with Crippen LogP contribution >= 0.6 is 0 Å². The van der Waals surface area contributed by atoms with Gasteiger partial charge in [0.15, 0.2) is 0 Å². The molecule has 1 saturated carbocycles. The summed E-state index contributed by atoms with van der Waals surface area (Å²) in [6.07, 6.45) is 6.37. The zero-order valence-electron chi connectivity index (χ0n) is 9.92. The van der Waals surface area contributed by atoms with Crippen LogP contribution in [-0.4, -0.2) is 10.7 Å². The van der Waals surface area contributed by atoms with Crippen LogP contribution in [-0.2, 0) is 0 Å². The van der Waals surface area contributed by atoms with Gasteiger partial charge in [-0.05, 0) is 43.1 Å². The highest BCUT2D eigenvalue weighted by Gasteiger charge is 2.43. The smallest absolute Gasteiger partial charge is 0.0857 e. The number of hydrogen-bond acceptors (Lipinski definition) is 1. The average Bonchev–Trinajstić information content (AvgIpc) is 2.22. The van der Waals surface area contributed by atoms with E-state index < -0.39 is 5.60 Å². The molecule has 1 aliphatic rings. The van der Waals surface area contributed by atoms with Gasteiger partial charge in [-0.1, -0.05) is 25.7 Å². The second-order valence-electron chi connectivity index (χ2n) is 5.07. The van der Waals surface area contributed by atoms with E-state index in [4.69, 9.17) is 0 Å². The Bertz CT molecular complexity index is 292. The van der Waals surface area contributed by atoms with Crippen LogP contribution < -0.4 is 0 Å². The molecule has 0 aliphatic heterocycles. The lowest BCUT2D eigenvalue weighted by Gasteiger charge is -2.46. The SMILES string of the molecule is C=C[C@@H]1C[C@@](O)(C(=C)C)CC[C@@]1(C)C=C. The highest BCUT2D eigenvalue weighted by molar-refractivity contribution is 5.18. The Morgan fingerprint density at radius 3 is 2.40 bits per heavy atom. The molecule has 0 unspecified atom stereocenters. The van der Waals surface area contributed by atoms with E-state index in [1.165, 1.54) is 0 Å². The minimum absolute atomic E-state index is 0.0728. The molecule has 84 valence electrons. The number of aliphatic hydroxyl groups is 1. The van der Waals surface area contributed by atoms with E-state index in [1.54, 1.807) is 0 Å². The Morgan fingerprint density at radius 2 is 2.00 bits per heavy atom. The van der Waals surface area contributed by atoms with Crippen molar-refractivity contribution in [3.05, 3.63) is 37.5 Å². The normalized spacial score (nSPS) is 40.9. The highest BCUT2D eigenvalue weighted by Crippen LogP contribution is 2.48. The van der Waals surface area contributed by atoms with E-state index in [0.717, 1.165) is 18.4 Å². The van der Waals surface area contributed by atoms with Crippen molar-refractivity contribution in [3.8, 4) is 0 Å². The van der Waals surface area contributed by atoms with Crippen LogP contribution in [0.3, 0.4) is 0 Å². The highest BCUT2D eigenvalue weighted by atomic mass is 16.3. The first kappa shape index (κ1) is 12.3. The summed E-state index contributed by atoms with van der Waals surface area (Å²) in [4.78, 5) is 0. The lowest BCUT2D eigenvalue weighted by Crippen LogP contribution is -2.43. The maximum absolute atomic E-state index is 10.4. The van der Waals surface area contributed by atoms with Gasteiger partial charge in [-0.3, -0.25) is 0 Å². The van der Waals surface area contributed by atoms with Crippen LogP contribution in [0.5, 0.6) is 0 Å². The maximum Gasteiger partial charge on any atom is 0.0857 e. The summed E-state index contributed by atoms with van der Waals surface area (Å²) in [5, 5.41) is 10.4. The Hall–Kier alpha value is -0.820. The molecule has 1 heteroatoms. The summed E-state index contributed by atoms with van der Waals surface area (Å²) >= 11 is 0. The molecule has 0 aromatic carbocycles. The summed E-state index contributed by atoms with van der Waals surface area (Å²) in [6, 6.07) is 0. The monoisotopic (exact) mass is 206 g/mol. The van der Waals surface area contributed by atoms with Crippen LogP contribution in [0.25, 0.3) is 0 Å². The lowest BCUT2D eigenvalue weighted by molar-refractivity contribution is -0.00876. The molecule has 0 spiro atoms. The molecule has 0 radical (unpaired) electrons. The largest absolute Gasteiger partial charge is 0.386 e. The zero-order valence-corrected chi connectivity index (χ0v) is 9.92. The maximum atomic E-state index is 10.4. The van der Waals surface area contributed by atoms with Crippen molar-refractivity contribution in [2.24, 2.45) is 11.3 Å². The van der Waals surface area contributed by atoms with Gasteiger partial charge in [0.1, 0.15) is 0 Å². The van der Waals surface area contributed by atoms with Gasteiger partial charge < -0.3 is 5.11 Å². The van der Waals surface area contributed by atoms with Gasteiger partial charge in [0, 0.05) is 0 Å². The van der Waals surface area contributed by atoms with Gasteiger partial charge in [-0.15, -0.1) is 13.2 Å². The first-order valence-electron chi connectivity index (χ1n) is 5.52. The van der Waals surface area contributed by atoms with Crippen molar-refractivity contribution in [3.63, 3.8) is 0 Å². The fraction of sp³-hybridized carbons (Fsp3) is 0.571. The van der Waals surface area contributed by atoms with Crippen LogP contribution in [0.1, 0.15) is 33.1 Å². The molecule has 0 heterocycles. The second kappa shape index (κ2) is 3.97. The summed E-state index contributed by atoms with van der Waals surface area (Å²) in [6.45, 7) is 15.7. The van der Waals surface area contributed by atoms with E-state index in [0.29, 0.717) is 6.42 Å². The minimum Gasteiger partial charge on any atom is -0.386 e. The van der Waals surface area contributed by atoms with Crippen molar-refractivity contribution in [2.45, 2.75) is 38.7 Å². The molecule has 1 nitrogen and oxygen atoms in total. The van der Waals surface area contributed by atoms with Gasteiger partial charge in [0.2, 0.25) is 0 Å². The van der Waals surface area contributed by atoms with Crippen LogP contribution in [0, 0.1) is 11.3 Å². The molecule has 1 N–H and O–H groups in total. The fourth-order valence-electron chi connectivity index (χ4n) is 2.35. The third-order valence-corrected chi connectivity index (χ3v) is 4.03. The first-order chi connectivity index (χ1) is 6.88. The van der Waals surface area contributed by atoms with Gasteiger partial charge >= 0.3 is 0 Å². The van der Waals surface area contributed by atoms with E-state index in [-0.39, 0.29) is 11.3 Å². The predicted molar refractivity (Wildman–Crippen MR) is 65.6 cm³/mol. The Balaban J connectivity index is 2.93. The lowest BCUT2D eigenvalue weighted by atomic mass is 9.61. The third-order valence-electron chi connectivity index (χ3n) is 4.03. The molecule has 1 fully saturated rings. The molecular formula is C14H22O. The molecule has 0 saturated heterocycles. The number of hydrogen-bond donors (Lipinski definition) is 1. The predicted octanol–water partition coefficient (Wildman–Crippen LogP) is 3.47. The number of rotatable bonds is 3. The van der Waals surface area contributed by atoms with Crippen molar-refractivity contribution in [2.75, 3.05) is 0 Å². The van der Waals surface area contributed by atoms with E-state index >= 15 is 0 Å². The van der Waals surface area contributed by atoms with Gasteiger partial charge in [0.25, 0.3) is 0 Å². The quantitative estimate of drug-likeness (QED) is 0.701. The summed E-state index contributed by atoms with van der Waals surface area (Å²) < 4.78 is 0. The average molecular weight is 206 g/mol. The molecule has 0 amide bonds. The Kier molecular flexibility index (Phi) is 3.25. The Labute approximate surface area is 93.2 Å². The Morgan fingerprint density at radius 1 is 1.40 bits per heavy atom. The fourth-order valence-corrected chi connectivity index (χ4v) is 2.35. The third kappa shape index (κ3) is 2.07. The molecule has 1 aliphatic carbocycles. The number of allylic oxidation sites excluding steroid dienone is 2. The van der Waals surface area contributed by atoms with Crippen molar-refractivity contribution in [1.29, 1.82) is 0 Å². The standard InChI is InChI=1S/C14H22O/c1-6-12-10-14(15,11(3)4)9-8-13(12,5)7-2/h6-7,12,15H,1-3,8-10H2,4-5H3/t12-,13-,14-/m1/s1. The van der Waals surface area contributed by atoms with Crippen LogP contribution in [0.2, 0.25) is 0 Å². The van der Waals surface area contributed by atoms with Gasteiger partial charge in [-0.25, -0.2) is 0 Å². The van der Waals surface area contributed by atoms with Crippen LogP contribution in [0.4, 0.5) is 0 Å². The molecule has 3 atom stereocenters. The zero-order chi connectivity index (χ0) is 11.7. The molecule has 15 heavy (non-hydrogen) atoms. The molecular weight excluding hydrogens is 184 g/mol. The summed E-state index contributed by atoms with van der Waals surface area (Å²) in [7, 11) is 0. The molecule has 0 bridgehead atoms. The van der Waals surface area contributed by atoms with Crippen molar-refractivity contribution >= 4 is 0 Å². The molecule has 0 aromatic rings. The second-order valence-corrected chi connectivity index (χ2v) is 5.07. The minimum atomic E-state index is -0.707. The summed E-state index contributed by atoms with van der Waals surface area (Å²) in [5.74, 6) is 0.283. The van der Waals surface area contributed by atoms with Crippen molar-refractivity contribution < 1.29 is 5.11 Å². The van der Waals surface area contributed by atoms with Gasteiger partial charge in [-0.2, -0.15) is 0 Å². The first-order valence-corrected chi connectivity index (χ1v) is 5.52. The molecule has 1 rings (SSSR count). The molecule has 0 aromatic heterocycles. The van der Waals surface area contributed by atoms with Gasteiger partial charge in [0.05, 0.1) is 5.60 Å². The van der Waals surface area contributed by atoms with E-state index in [2.05, 4.69) is 26.7 Å². The topological polar surface area (TPSA) is 20.2 Å². The van der Waals surface area contributed by atoms with E-state index in [9.17, 15) is 5.11 Å². The van der Waals surface area contributed by atoms with Crippen LogP contribution in [0.15, 0.2) is 37.5 Å². The van der Waals surface area contributed by atoms with E-state index in [1.807, 2.05) is 19.1 Å².